The average Bonchev–Trinajstić information content (AvgIpc) is 2.58. The maximum Gasteiger partial charge on any atom is 0.227 e. The van der Waals surface area contributed by atoms with Crippen molar-refractivity contribution in [2.75, 3.05) is 26.7 Å². The third kappa shape index (κ3) is 4.79. The van der Waals surface area contributed by atoms with E-state index in [-0.39, 0.29) is 17.7 Å². The molecule has 1 saturated heterocycles. The van der Waals surface area contributed by atoms with Crippen molar-refractivity contribution < 1.29 is 9.59 Å². The molecule has 2 rings (SSSR count). The fourth-order valence-corrected chi connectivity index (χ4v) is 3.11. The van der Waals surface area contributed by atoms with Crippen molar-refractivity contribution >= 4 is 11.8 Å². The molecule has 0 unspecified atom stereocenters. The Kier molecular flexibility index (Phi) is 5.97. The van der Waals surface area contributed by atoms with Gasteiger partial charge in [0.05, 0.1) is 5.92 Å². The minimum atomic E-state index is -0.391. The first-order chi connectivity index (χ1) is 11.3. The Labute approximate surface area is 145 Å². The highest BCUT2D eigenvalue weighted by atomic mass is 16.2. The van der Waals surface area contributed by atoms with Crippen LogP contribution in [0.3, 0.4) is 0 Å². The van der Waals surface area contributed by atoms with Crippen LogP contribution in [0.25, 0.3) is 0 Å². The fourth-order valence-electron chi connectivity index (χ4n) is 3.11. The quantitative estimate of drug-likeness (QED) is 0.851. The van der Waals surface area contributed by atoms with Crippen LogP contribution in [0.4, 0.5) is 0 Å². The van der Waals surface area contributed by atoms with Gasteiger partial charge in [-0.25, -0.2) is 0 Å². The molecule has 1 fully saturated rings. The second kappa shape index (κ2) is 7.77. The van der Waals surface area contributed by atoms with Crippen molar-refractivity contribution in [1.29, 1.82) is 0 Å². The van der Waals surface area contributed by atoms with Gasteiger partial charge in [0.2, 0.25) is 11.8 Å². The summed E-state index contributed by atoms with van der Waals surface area (Å²) < 4.78 is 0. The minimum Gasteiger partial charge on any atom is -0.345 e. The molecule has 0 aromatic carbocycles. The van der Waals surface area contributed by atoms with E-state index >= 15 is 0 Å². The lowest BCUT2D eigenvalue weighted by Gasteiger charge is -2.37. The van der Waals surface area contributed by atoms with E-state index in [1.807, 2.05) is 44.9 Å². The van der Waals surface area contributed by atoms with Crippen molar-refractivity contribution in [3.63, 3.8) is 0 Å². The topological polar surface area (TPSA) is 53.5 Å². The van der Waals surface area contributed by atoms with Crippen molar-refractivity contribution in [3.8, 4) is 0 Å². The number of likely N-dealkylation sites (tertiary alicyclic amines) is 1. The molecule has 0 spiro atoms. The molecular weight excluding hydrogens is 302 g/mol. The summed E-state index contributed by atoms with van der Waals surface area (Å²) in [4.78, 5) is 32.8. The largest absolute Gasteiger partial charge is 0.345 e. The summed E-state index contributed by atoms with van der Waals surface area (Å²) >= 11 is 0. The van der Waals surface area contributed by atoms with Crippen LogP contribution >= 0.6 is 0 Å². The molecule has 1 aliphatic heterocycles. The predicted molar refractivity (Wildman–Crippen MR) is 94.3 cm³/mol. The van der Waals surface area contributed by atoms with Gasteiger partial charge in [-0.05, 0) is 37.0 Å². The lowest BCUT2D eigenvalue weighted by molar-refractivity contribution is -0.144. The second-order valence-electron chi connectivity index (χ2n) is 7.71. The van der Waals surface area contributed by atoms with Gasteiger partial charge in [0.25, 0.3) is 0 Å². The maximum absolute atomic E-state index is 12.7. The third-order valence-electron chi connectivity index (χ3n) is 4.56. The number of piperidine rings is 1. The number of rotatable bonds is 4. The van der Waals surface area contributed by atoms with E-state index in [0.29, 0.717) is 13.1 Å². The number of likely N-dealkylation sites (N-methyl/N-ethyl adjacent to an activating group) is 1. The van der Waals surface area contributed by atoms with Crippen LogP contribution in [0.5, 0.6) is 0 Å². The average molecular weight is 331 g/mol. The highest BCUT2D eigenvalue weighted by Crippen LogP contribution is 2.24. The first kappa shape index (κ1) is 18.4. The Bertz CT molecular complexity index is 566. The van der Waals surface area contributed by atoms with Crippen LogP contribution in [0, 0.1) is 11.3 Å². The van der Waals surface area contributed by atoms with Gasteiger partial charge in [-0.2, -0.15) is 0 Å². The summed E-state index contributed by atoms with van der Waals surface area (Å²) in [6.07, 6.45) is 6.13. The van der Waals surface area contributed by atoms with E-state index in [1.165, 1.54) is 5.56 Å². The summed E-state index contributed by atoms with van der Waals surface area (Å²) in [5.74, 6) is 0.211. The molecule has 2 amide bonds. The first-order valence-electron chi connectivity index (χ1n) is 8.72. The van der Waals surface area contributed by atoms with Crippen LogP contribution in [0.1, 0.15) is 39.2 Å². The number of amides is 2. The van der Waals surface area contributed by atoms with Gasteiger partial charge < -0.3 is 9.80 Å². The molecule has 5 heteroatoms. The highest BCUT2D eigenvalue weighted by molar-refractivity contribution is 5.83. The van der Waals surface area contributed by atoms with Crippen LogP contribution in [-0.4, -0.2) is 53.3 Å². The number of hydrogen-bond acceptors (Lipinski definition) is 3. The molecule has 1 aromatic rings. The Morgan fingerprint density at radius 1 is 1.29 bits per heavy atom. The van der Waals surface area contributed by atoms with E-state index in [4.69, 9.17) is 0 Å². The summed E-state index contributed by atoms with van der Waals surface area (Å²) in [5.41, 5.74) is 0.788. The van der Waals surface area contributed by atoms with Crippen molar-refractivity contribution in [2.45, 2.75) is 40.0 Å². The zero-order valence-electron chi connectivity index (χ0n) is 15.3. The molecule has 24 heavy (non-hydrogen) atoms. The number of carbonyl (C=O) groups excluding carboxylic acids is 2. The number of carbonyl (C=O) groups is 2. The molecule has 0 saturated carbocycles. The molecule has 1 atom stereocenters. The summed E-state index contributed by atoms with van der Waals surface area (Å²) in [5, 5.41) is 0. The summed E-state index contributed by atoms with van der Waals surface area (Å²) in [7, 11) is 1.86. The number of aromatic nitrogens is 1. The second-order valence-corrected chi connectivity index (χ2v) is 7.71. The van der Waals surface area contributed by atoms with Gasteiger partial charge >= 0.3 is 0 Å². The van der Waals surface area contributed by atoms with Crippen LogP contribution < -0.4 is 0 Å². The summed E-state index contributed by atoms with van der Waals surface area (Å²) in [6, 6.07) is 3.95. The third-order valence-corrected chi connectivity index (χ3v) is 4.56. The molecule has 5 nitrogen and oxygen atoms in total. The van der Waals surface area contributed by atoms with Crippen LogP contribution in [0.15, 0.2) is 24.5 Å². The zero-order chi connectivity index (χ0) is 17.7. The summed E-state index contributed by atoms with van der Waals surface area (Å²) in [6.45, 7) is 7.80. The van der Waals surface area contributed by atoms with E-state index in [1.54, 1.807) is 17.3 Å². The normalized spacial score (nSPS) is 18.3. The van der Waals surface area contributed by atoms with Gasteiger partial charge in [-0.3, -0.25) is 14.6 Å². The number of nitrogens with zero attached hydrogens (tertiary/aromatic N) is 3. The zero-order valence-corrected chi connectivity index (χ0v) is 15.3. The SMILES string of the molecule is CN(CCc1ccncc1)C(=O)[C@@H]1CCCN(C(=O)C(C)(C)C)C1. The van der Waals surface area contributed by atoms with Crippen molar-refractivity contribution in [1.82, 2.24) is 14.8 Å². The fraction of sp³-hybridized carbons (Fsp3) is 0.632. The smallest absolute Gasteiger partial charge is 0.227 e. The molecule has 132 valence electrons. The standard InChI is InChI=1S/C19H29N3O2/c1-19(2,3)18(24)22-12-5-6-16(14-22)17(23)21(4)13-9-15-7-10-20-11-8-15/h7-8,10-11,16H,5-6,9,12-14H2,1-4H3/t16-/m1/s1. The Balaban J connectivity index is 1.90. The highest BCUT2D eigenvalue weighted by Gasteiger charge is 2.34. The first-order valence-corrected chi connectivity index (χ1v) is 8.72. The molecular formula is C19H29N3O2. The maximum atomic E-state index is 12.7. The van der Waals surface area contributed by atoms with E-state index in [9.17, 15) is 9.59 Å². The van der Waals surface area contributed by atoms with Crippen LogP contribution in [-0.2, 0) is 16.0 Å². The molecule has 0 radical (unpaired) electrons. The molecule has 0 bridgehead atoms. The predicted octanol–water partition coefficient (Wildman–Crippen LogP) is 2.37. The number of hydrogen-bond donors (Lipinski definition) is 0. The van der Waals surface area contributed by atoms with Gasteiger partial charge in [-0.1, -0.05) is 20.8 Å². The Morgan fingerprint density at radius 3 is 2.58 bits per heavy atom. The van der Waals surface area contributed by atoms with Gasteiger partial charge in [0.15, 0.2) is 0 Å². The minimum absolute atomic E-state index is 0.0764. The van der Waals surface area contributed by atoms with Gasteiger partial charge in [-0.15, -0.1) is 0 Å². The van der Waals surface area contributed by atoms with Crippen molar-refractivity contribution in [2.24, 2.45) is 11.3 Å². The van der Waals surface area contributed by atoms with E-state index in [2.05, 4.69) is 4.98 Å². The molecule has 1 aromatic heterocycles. The van der Waals surface area contributed by atoms with Crippen LogP contribution in [0.2, 0.25) is 0 Å². The lowest BCUT2D eigenvalue weighted by Crippen LogP contribution is -2.49. The van der Waals surface area contributed by atoms with Gasteiger partial charge in [0, 0.05) is 44.5 Å². The Morgan fingerprint density at radius 2 is 1.96 bits per heavy atom. The monoisotopic (exact) mass is 331 g/mol. The molecule has 0 N–H and O–H groups in total. The molecule has 1 aliphatic rings. The number of pyridine rings is 1. The lowest BCUT2D eigenvalue weighted by atomic mass is 9.90. The van der Waals surface area contributed by atoms with E-state index < -0.39 is 5.41 Å². The molecule has 0 aliphatic carbocycles. The Hall–Kier alpha value is -1.91. The van der Waals surface area contributed by atoms with Gasteiger partial charge in [0.1, 0.15) is 0 Å². The van der Waals surface area contributed by atoms with Crippen molar-refractivity contribution in [3.05, 3.63) is 30.1 Å². The van der Waals surface area contributed by atoms with E-state index in [0.717, 1.165) is 25.8 Å². The molecule has 2 heterocycles.